The third-order valence-electron chi connectivity index (χ3n) is 3.48. The van der Waals surface area contributed by atoms with E-state index in [0.29, 0.717) is 24.3 Å². The van der Waals surface area contributed by atoms with Crippen molar-refractivity contribution in [3.8, 4) is 0 Å². The molecular formula is C14H20BrFN2O2. The number of hydrogen-bond donors (Lipinski definition) is 1. The average Bonchev–Trinajstić information content (AvgIpc) is 2.32. The van der Waals surface area contributed by atoms with E-state index in [0.717, 1.165) is 0 Å². The third-order valence-corrected chi connectivity index (χ3v) is 4.08. The molecule has 0 atom stereocenters. The van der Waals surface area contributed by atoms with Crippen LogP contribution in [0.2, 0.25) is 0 Å². The number of halogens is 2. The molecule has 0 unspecified atom stereocenters. The van der Waals surface area contributed by atoms with E-state index < -0.39 is 10.7 Å². The van der Waals surface area contributed by atoms with Gasteiger partial charge in [-0.05, 0) is 33.7 Å². The van der Waals surface area contributed by atoms with Crippen molar-refractivity contribution in [3.05, 3.63) is 32.5 Å². The summed E-state index contributed by atoms with van der Waals surface area (Å²) in [5.41, 5.74) is 0.103. The lowest BCUT2D eigenvalue weighted by molar-refractivity contribution is -0.384. The molecule has 0 heterocycles. The predicted molar refractivity (Wildman–Crippen MR) is 82.4 cm³/mol. The van der Waals surface area contributed by atoms with Crippen LogP contribution in [-0.2, 0) is 0 Å². The van der Waals surface area contributed by atoms with Gasteiger partial charge in [0, 0.05) is 18.7 Å². The largest absolute Gasteiger partial charge is 0.379 e. The number of nitro benzene ring substituents is 1. The second kappa shape index (κ2) is 7.02. The van der Waals surface area contributed by atoms with Crippen LogP contribution in [0.1, 0.15) is 27.7 Å². The van der Waals surface area contributed by atoms with Crippen LogP contribution in [0.3, 0.4) is 0 Å². The number of nitro groups is 1. The van der Waals surface area contributed by atoms with Gasteiger partial charge in [0.1, 0.15) is 11.5 Å². The minimum Gasteiger partial charge on any atom is -0.379 e. The van der Waals surface area contributed by atoms with E-state index in [1.54, 1.807) is 0 Å². The van der Waals surface area contributed by atoms with Crippen LogP contribution in [0, 0.1) is 33.7 Å². The lowest BCUT2D eigenvalue weighted by Gasteiger charge is -2.25. The van der Waals surface area contributed by atoms with Crippen LogP contribution in [0.4, 0.5) is 15.8 Å². The maximum absolute atomic E-state index is 13.6. The number of nitrogens with zero attached hydrogens (tertiary/aromatic N) is 1. The van der Waals surface area contributed by atoms with Crippen molar-refractivity contribution >= 4 is 27.3 Å². The molecule has 0 amide bonds. The molecule has 0 saturated heterocycles. The third kappa shape index (κ3) is 4.16. The smallest absolute Gasteiger partial charge is 0.293 e. The van der Waals surface area contributed by atoms with Crippen molar-refractivity contribution in [1.82, 2.24) is 0 Å². The summed E-state index contributed by atoms with van der Waals surface area (Å²) in [5.74, 6) is 0.744. The van der Waals surface area contributed by atoms with Gasteiger partial charge in [-0.15, -0.1) is 0 Å². The summed E-state index contributed by atoms with van der Waals surface area (Å²) in [6.07, 6.45) is 0. The maximum atomic E-state index is 13.6. The van der Waals surface area contributed by atoms with Crippen molar-refractivity contribution in [1.29, 1.82) is 0 Å². The van der Waals surface area contributed by atoms with Crippen LogP contribution in [-0.4, -0.2) is 11.5 Å². The zero-order valence-corrected chi connectivity index (χ0v) is 13.7. The van der Waals surface area contributed by atoms with Gasteiger partial charge in [-0.1, -0.05) is 27.7 Å². The van der Waals surface area contributed by atoms with Gasteiger partial charge in [0.05, 0.1) is 9.40 Å². The quantitative estimate of drug-likeness (QED) is 0.592. The van der Waals surface area contributed by atoms with E-state index >= 15 is 0 Å². The lowest BCUT2D eigenvalue weighted by Crippen LogP contribution is -2.24. The predicted octanol–water partition coefficient (Wildman–Crippen LogP) is 4.84. The Morgan fingerprint density at radius 3 is 2.30 bits per heavy atom. The second-order valence-electron chi connectivity index (χ2n) is 5.57. The Hall–Kier alpha value is -1.17. The summed E-state index contributed by atoms with van der Waals surface area (Å²) in [5, 5.41) is 14.0. The van der Waals surface area contributed by atoms with Gasteiger partial charge >= 0.3 is 0 Å². The molecule has 1 N–H and O–H groups in total. The summed E-state index contributed by atoms with van der Waals surface area (Å²) in [6.45, 7) is 9.04. The molecule has 20 heavy (non-hydrogen) atoms. The molecule has 0 aliphatic heterocycles. The summed E-state index contributed by atoms with van der Waals surface area (Å²) >= 11 is 2.97. The Labute approximate surface area is 127 Å². The Kier molecular flexibility index (Phi) is 5.92. The fourth-order valence-corrected chi connectivity index (χ4v) is 2.63. The van der Waals surface area contributed by atoms with Gasteiger partial charge in [0.15, 0.2) is 0 Å². The first-order valence-electron chi connectivity index (χ1n) is 6.61. The molecule has 4 nitrogen and oxygen atoms in total. The Balaban J connectivity index is 2.97. The first-order chi connectivity index (χ1) is 9.23. The van der Waals surface area contributed by atoms with E-state index in [9.17, 15) is 14.5 Å². The molecule has 0 radical (unpaired) electrons. The van der Waals surface area contributed by atoms with E-state index in [2.05, 4.69) is 48.9 Å². The molecule has 1 aromatic rings. The normalized spacial score (nSPS) is 11.4. The summed E-state index contributed by atoms with van der Waals surface area (Å²) in [4.78, 5) is 10.5. The van der Waals surface area contributed by atoms with Crippen molar-refractivity contribution < 1.29 is 9.31 Å². The molecule has 112 valence electrons. The van der Waals surface area contributed by atoms with Gasteiger partial charge in [-0.25, -0.2) is 4.39 Å². The van der Waals surface area contributed by atoms with Crippen molar-refractivity contribution in [2.75, 3.05) is 11.9 Å². The van der Waals surface area contributed by atoms with Gasteiger partial charge in [0.25, 0.3) is 5.69 Å². The molecule has 1 rings (SSSR count). The zero-order chi connectivity index (χ0) is 15.4. The van der Waals surface area contributed by atoms with Crippen LogP contribution < -0.4 is 5.32 Å². The van der Waals surface area contributed by atoms with E-state index in [4.69, 9.17) is 0 Å². The highest BCUT2D eigenvalue weighted by Gasteiger charge is 2.21. The Bertz CT molecular complexity index is 484. The lowest BCUT2D eigenvalue weighted by atomic mass is 9.85. The number of nitrogens with one attached hydrogen (secondary N) is 1. The first-order valence-corrected chi connectivity index (χ1v) is 7.40. The fourth-order valence-electron chi connectivity index (χ4n) is 2.30. The van der Waals surface area contributed by atoms with Crippen molar-refractivity contribution in [2.24, 2.45) is 17.8 Å². The number of rotatable bonds is 6. The highest BCUT2D eigenvalue weighted by Crippen LogP contribution is 2.31. The van der Waals surface area contributed by atoms with E-state index in [1.165, 1.54) is 12.1 Å². The van der Waals surface area contributed by atoms with Crippen LogP contribution in [0.5, 0.6) is 0 Å². The van der Waals surface area contributed by atoms with Gasteiger partial charge in [0.2, 0.25) is 0 Å². The summed E-state index contributed by atoms with van der Waals surface area (Å²) in [6, 6.07) is 2.36. The van der Waals surface area contributed by atoms with E-state index in [1.807, 2.05) is 0 Å². The summed E-state index contributed by atoms with van der Waals surface area (Å²) in [7, 11) is 0. The zero-order valence-electron chi connectivity index (χ0n) is 12.1. The monoisotopic (exact) mass is 346 g/mol. The molecule has 0 aliphatic rings. The van der Waals surface area contributed by atoms with Crippen molar-refractivity contribution in [3.63, 3.8) is 0 Å². The minimum atomic E-state index is -0.510. The topological polar surface area (TPSA) is 55.2 Å². The molecule has 1 aromatic carbocycles. The number of hydrogen-bond acceptors (Lipinski definition) is 3. The molecular weight excluding hydrogens is 327 g/mol. The average molecular weight is 347 g/mol. The highest BCUT2D eigenvalue weighted by atomic mass is 79.9. The second-order valence-corrected chi connectivity index (χ2v) is 6.43. The van der Waals surface area contributed by atoms with Gasteiger partial charge < -0.3 is 5.32 Å². The van der Waals surface area contributed by atoms with Crippen molar-refractivity contribution in [2.45, 2.75) is 27.7 Å². The molecule has 0 saturated carbocycles. The molecule has 0 aromatic heterocycles. The summed E-state index contributed by atoms with van der Waals surface area (Å²) < 4.78 is 13.7. The maximum Gasteiger partial charge on any atom is 0.293 e. The van der Waals surface area contributed by atoms with Gasteiger partial charge in [-0.3, -0.25) is 10.1 Å². The highest BCUT2D eigenvalue weighted by molar-refractivity contribution is 9.10. The van der Waals surface area contributed by atoms with Gasteiger partial charge in [-0.2, -0.15) is 0 Å². The molecule has 0 spiro atoms. The van der Waals surface area contributed by atoms with Crippen LogP contribution in [0.25, 0.3) is 0 Å². The standard InChI is InChI=1S/C14H20BrFN2O2/c1-8(2)10(9(3)4)7-17-13-6-12(16)11(15)5-14(13)18(19)20/h5-6,8-10,17H,7H2,1-4H3. The SMILES string of the molecule is CC(C)C(CNc1cc(F)c(Br)cc1[N+](=O)[O-])C(C)C. The van der Waals surface area contributed by atoms with E-state index in [-0.39, 0.29) is 15.8 Å². The fraction of sp³-hybridized carbons (Fsp3) is 0.571. The van der Waals surface area contributed by atoms with Crippen LogP contribution >= 0.6 is 15.9 Å². The molecule has 0 bridgehead atoms. The van der Waals surface area contributed by atoms with Crippen LogP contribution in [0.15, 0.2) is 16.6 Å². The number of benzene rings is 1. The molecule has 6 heteroatoms. The Morgan fingerprint density at radius 1 is 1.30 bits per heavy atom. The molecule has 0 aliphatic carbocycles. The number of anilines is 1. The first kappa shape index (κ1) is 16.9. The molecule has 0 fully saturated rings. The minimum absolute atomic E-state index is 0.0963. The Morgan fingerprint density at radius 2 is 1.85 bits per heavy atom.